The molecule has 1 nitrogen and oxygen atoms in total. The number of hydrogen-bond acceptors (Lipinski definition) is 1. The highest BCUT2D eigenvalue weighted by molar-refractivity contribution is 9.10. The largest absolute Gasteiger partial charge is 0.306 e. The molecule has 0 saturated heterocycles. The standard InChI is InChI=1S/C16H17BrFN/c1-3-19-16(12-5-4-6-13(18)10-12)14-8-7-11(2)9-15(14)17/h4-10,16,19H,3H2,1-2H3. The minimum atomic E-state index is -0.205. The second-order valence-electron chi connectivity index (χ2n) is 4.57. The monoisotopic (exact) mass is 321 g/mol. The topological polar surface area (TPSA) is 12.0 Å². The second-order valence-corrected chi connectivity index (χ2v) is 5.42. The molecule has 0 aliphatic carbocycles. The van der Waals surface area contributed by atoms with Crippen LogP contribution in [0.1, 0.15) is 29.7 Å². The summed E-state index contributed by atoms with van der Waals surface area (Å²) in [5.74, 6) is -0.205. The first kappa shape index (κ1) is 14.2. The lowest BCUT2D eigenvalue weighted by Gasteiger charge is -2.20. The Morgan fingerprint density at radius 1 is 1.21 bits per heavy atom. The van der Waals surface area contributed by atoms with Gasteiger partial charge in [0.25, 0.3) is 0 Å². The molecule has 0 radical (unpaired) electrons. The summed E-state index contributed by atoms with van der Waals surface area (Å²) >= 11 is 3.60. The average molecular weight is 322 g/mol. The molecule has 2 aromatic carbocycles. The third kappa shape index (κ3) is 3.43. The highest BCUT2D eigenvalue weighted by Crippen LogP contribution is 2.29. The van der Waals surface area contributed by atoms with Gasteiger partial charge in [0.1, 0.15) is 5.82 Å². The first-order valence-corrected chi connectivity index (χ1v) is 7.16. The Morgan fingerprint density at radius 2 is 2.00 bits per heavy atom. The Balaban J connectivity index is 2.45. The van der Waals surface area contributed by atoms with Crippen molar-refractivity contribution >= 4 is 15.9 Å². The van der Waals surface area contributed by atoms with Crippen molar-refractivity contribution in [1.82, 2.24) is 5.32 Å². The van der Waals surface area contributed by atoms with E-state index in [0.29, 0.717) is 0 Å². The number of benzene rings is 2. The SMILES string of the molecule is CCNC(c1cccc(F)c1)c1ccc(C)cc1Br. The van der Waals surface area contributed by atoms with E-state index in [9.17, 15) is 4.39 Å². The molecule has 0 bridgehead atoms. The molecular formula is C16H17BrFN. The molecule has 0 fully saturated rings. The van der Waals surface area contributed by atoms with Crippen LogP contribution < -0.4 is 5.32 Å². The van der Waals surface area contributed by atoms with Crippen LogP contribution in [-0.2, 0) is 0 Å². The fourth-order valence-electron chi connectivity index (χ4n) is 2.16. The molecule has 0 aliphatic rings. The molecule has 1 atom stereocenters. The molecule has 0 aromatic heterocycles. The van der Waals surface area contributed by atoms with Crippen LogP contribution in [0.2, 0.25) is 0 Å². The molecule has 1 unspecified atom stereocenters. The summed E-state index contributed by atoms with van der Waals surface area (Å²) in [5, 5.41) is 3.41. The molecular weight excluding hydrogens is 305 g/mol. The quantitative estimate of drug-likeness (QED) is 0.868. The third-order valence-corrected chi connectivity index (χ3v) is 3.74. The van der Waals surface area contributed by atoms with E-state index >= 15 is 0 Å². The molecule has 0 spiro atoms. The third-order valence-electron chi connectivity index (χ3n) is 3.06. The van der Waals surface area contributed by atoms with Gasteiger partial charge < -0.3 is 5.32 Å². The molecule has 2 rings (SSSR count). The zero-order valence-electron chi connectivity index (χ0n) is 11.1. The van der Waals surface area contributed by atoms with Gasteiger partial charge in [-0.2, -0.15) is 0 Å². The predicted molar refractivity (Wildman–Crippen MR) is 80.8 cm³/mol. The van der Waals surface area contributed by atoms with Crippen molar-refractivity contribution in [3.63, 3.8) is 0 Å². The predicted octanol–water partition coefficient (Wildman–Crippen LogP) is 4.60. The van der Waals surface area contributed by atoms with Gasteiger partial charge in [-0.1, -0.05) is 47.1 Å². The van der Waals surface area contributed by atoms with E-state index in [1.54, 1.807) is 12.1 Å². The van der Waals surface area contributed by atoms with E-state index in [1.807, 2.05) is 13.0 Å². The summed E-state index contributed by atoms with van der Waals surface area (Å²) in [4.78, 5) is 0. The number of aryl methyl sites for hydroxylation is 1. The lowest BCUT2D eigenvalue weighted by Crippen LogP contribution is -2.22. The van der Waals surface area contributed by atoms with E-state index in [4.69, 9.17) is 0 Å². The summed E-state index contributed by atoms with van der Waals surface area (Å²) in [7, 11) is 0. The first-order chi connectivity index (χ1) is 9.11. The fourth-order valence-corrected chi connectivity index (χ4v) is 2.89. The second kappa shape index (κ2) is 6.31. The van der Waals surface area contributed by atoms with Gasteiger partial charge in [0, 0.05) is 4.47 Å². The van der Waals surface area contributed by atoms with E-state index in [0.717, 1.165) is 22.1 Å². The maximum atomic E-state index is 13.4. The molecule has 3 heteroatoms. The molecule has 0 aliphatic heterocycles. The summed E-state index contributed by atoms with van der Waals surface area (Å²) in [6.07, 6.45) is 0. The zero-order valence-corrected chi connectivity index (χ0v) is 12.7. The number of rotatable bonds is 4. The van der Waals surface area contributed by atoms with Crippen LogP contribution in [0.3, 0.4) is 0 Å². The van der Waals surface area contributed by atoms with Crippen LogP contribution in [0.15, 0.2) is 46.9 Å². The van der Waals surface area contributed by atoms with Gasteiger partial charge in [-0.25, -0.2) is 4.39 Å². The van der Waals surface area contributed by atoms with Gasteiger partial charge >= 0.3 is 0 Å². The van der Waals surface area contributed by atoms with Crippen molar-refractivity contribution in [1.29, 1.82) is 0 Å². The Bertz CT molecular complexity index is 568. The van der Waals surface area contributed by atoms with E-state index in [2.05, 4.69) is 46.4 Å². The van der Waals surface area contributed by atoms with Crippen molar-refractivity contribution < 1.29 is 4.39 Å². The van der Waals surface area contributed by atoms with Gasteiger partial charge in [-0.3, -0.25) is 0 Å². The molecule has 1 N–H and O–H groups in total. The lowest BCUT2D eigenvalue weighted by atomic mass is 9.97. The number of nitrogens with one attached hydrogen (secondary N) is 1. The Morgan fingerprint density at radius 3 is 2.63 bits per heavy atom. The lowest BCUT2D eigenvalue weighted by molar-refractivity contribution is 0.602. The van der Waals surface area contributed by atoms with Crippen molar-refractivity contribution in [2.45, 2.75) is 19.9 Å². The van der Waals surface area contributed by atoms with Crippen LogP contribution in [0, 0.1) is 12.7 Å². The summed E-state index contributed by atoms with van der Waals surface area (Å²) in [6, 6.07) is 13.0. The Hall–Kier alpha value is -1.19. The number of halogens is 2. The van der Waals surface area contributed by atoms with Crippen LogP contribution in [-0.4, -0.2) is 6.54 Å². The zero-order chi connectivity index (χ0) is 13.8. The molecule has 100 valence electrons. The van der Waals surface area contributed by atoms with Crippen molar-refractivity contribution in [3.8, 4) is 0 Å². The number of hydrogen-bond donors (Lipinski definition) is 1. The highest BCUT2D eigenvalue weighted by atomic mass is 79.9. The Labute approximate surface area is 122 Å². The van der Waals surface area contributed by atoms with Crippen LogP contribution in [0.5, 0.6) is 0 Å². The van der Waals surface area contributed by atoms with E-state index in [-0.39, 0.29) is 11.9 Å². The summed E-state index contributed by atoms with van der Waals surface area (Å²) in [6.45, 7) is 4.93. The molecule has 2 aromatic rings. The summed E-state index contributed by atoms with van der Waals surface area (Å²) < 4.78 is 14.5. The van der Waals surface area contributed by atoms with Crippen LogP contribution >= 0.6 is 15.9 Å². The average Bonchev–Trinajstić information content (AvgIpc) is 2.37. The van der Waals surface area contributed by atoms with Gasteiger partial charge in [-0.15, -0.1) is 0 Å². The normalized spacial score (nSPS) is 12.4. The van der Waals surface area contributed by atoms with Crippen molar-refractivity contribution in [3.05, 3.63) is 69.4 Å². The van der Waals surface area contributed by atoms with E-state index in [1.165, 1.54) is 11.6 Å². The van der Waals surface area contributed by atoms with Crippen LogP contribution in [0.4, 0.5) is 4.39 Å². The maximum absolute atomic E-state index is 13.4. The van der Waals surface area contributed by atoms with Gasteiger partial charge in [0.15, 0.2) is 0 Å². The van der Waals surface area contributed by atoms with Crippen LogP contribution in [0.25, 0.3) is 0 Å². The fraction of sp³-hybridized carbons (Fsp3) is 0.250. The maximum Gasteiger partial charge on any atom is 0.123 e. The van der Waals surface area contributed by atoms with E-state index < -0.39 is 0 Å². The van der Waals surface area contributed by atoms with Crippen molar-refractivity contribution in [2.24, 2.45) is 0 Å². The molecule has 0 saturated carbocycles. The van der Waals surface area contributed by atoms with Gasteiger partial charge in [0.2, 0.25) is 0 Å². The molecule has 0 heterocycles. The highest BCUT2D eigenvalue weighted by Gasteiger charge is 2.16. The minimum absolute atomic E-state index is 0.00400. The minimum Gasteiger partial charge on any atom is -0.306 e. The van der Waals surface area contributed by atoms with Gasteiger partial charge in [-0.05, 0) is 48.4 Å². The smallest absolute Gasteiger partial charge is 0.123 e. The molecule has 19 heavy (non-hydrogen) atoms. The Kier molecular flexibility index (Phi) is 4.72. The van der Waals surface area contributed by atoms with Gasteiger partial charge in [0.05, 0.1) is 6.04 Å². The van der Waals surface area contributed by atoms with Crippen molar-refractivity contribution in [2.75, 3.05) is 6.54 Å². The first-order valence-electron chi connectivity index (χ1n) is 6.36. The molecule has 0 amide bonds. The summed E-state index contributed by atoms with van der Waals surface area (Å²) in [5.41, 5.74) is 3.26.